The summed E-state index contributed by atoms with van der Waals surface area (Å²) >= 11 is 4.66. The van der Waals surface area contributed by atoms with Gasteiger partial charge in [0.1, 0.15) is 5.75 Å². The van der Waals surface area contributed by atoms with Crippen LogP contribution in [0, 0.1) is 13.8 Å². The van der Waals surface area contributed by atoms with Gasteiger partial charge in [0.05, 0.1) is 19.1 Å². The minimum Gasteiger partial charge on any atom is -0.496 e. The van der Waals surface area contributed by atoms with Crippen LogP contribution in [-0.4, -0.2) is 35.0 Å². The minimum atomic E-state index is -0.229. The van der Waals surface area contributed by atoms with Gasteiger partial charge in [-0.15, -0.1) is 0 Å². The molecule has 8 heteroatoms. The highest BCUT2D eigenvalue weighted by atomic mass is 79.9. The molecule has 0 spiro atoms. The molecule has 0 unspecified atom stereocenters. The number of nitrogens with one attached hydrogen (secondary N) is 1. The first-order valence-corrected chi connectivity index (χ1v) is 8.86. The lowest BCUT2D eigenvalue weighted by Gasteiger charge is -2.05. The van der Waals surface area contributed by atoms with Gasteiger partial charge >= 0.3 is 0 Å². The predicted octanol–water partition coefficient (Wildman–Crippen LogP) is 3.11. The van der Waals surface area contributed by atoms with Gasteiger partial charge in [0, 0.05) is 21.4 Å². The second kappa shape index (κ2) is 8.79. The zero-order valence-electron chi connectivity index (χ0n) is 13.5. The number of aromatic nitrogens is 2. The lowest BCUT2D eigenvalue weighted by molar-refractivity contribution is -0.118. The molecule has 0 bridgehead atoms. The summed E-state index contributed by atoms with van der Waals surface area (Å²) in [6.45, 7) is 3.79. The van der Waals surface area contributed by atoms with Gasteiger partial charge in [0.25, 0.3) is 5.91 Å². The fraction of sp³-hybridized carbons (Fsp3) is 0.250. The van der Waals surface area contributed by atoms with E-state index in [1.54, 1.807) is 13.3 Å². The summed E-state index contributed by atoms with van der Waals surface area (Å²) in [5.74, 6) is 0.637. The number of amides is 1. The summed E-state index contributed by atoms with van der Waals surface area (Å²) in [4.78, 5) is 20.4. The molecule has 0 fully saturated rings. The molecule has 0 aliphatic carbocycles. The number of halogens is 1. The van der Waals surface area contributed by atoms with E-state index in [0.29, 0.717) is 10.9 Å². The Morgan fingerprint density at radius 3 is 2.71 bits per heavy atom. The molecule has 2 rings (SSSR count). The molecule has 0 atom stereocenters. The van der Waals surface area contributed by atoms with Crippen LogP contribution in [0.4, 0.5) is 0 Å². The van der Waals surface area contributed by atoms with E-state index in [1.807, 2.05) is 38.1 Å². The number of rotatable bonds is 6. The Kier molecular flexibility index (Phi) is 6.74. The number of methoxy groups -OCH3 is 1. The summed E-state index contributed by atoms with van der Waals surface area (Å²) in [6, 6.07) is 7.43. The number of nitrogens with zero attached hydrogens (tertiary/aromatic N) is 3. The first kappa shape index (κ1) is 18.4. The Hall–Kier alpha value is -1.93. The molecule has 0 saturated heterocycles. The summed E-state index contributed by atoms with van der Waals surface area (Å²) in [6.07, 6.45) is 1.54. The highest BCUT2D eigenvalue weighted by Crippen LogP contribution is 2.21. The normalized spacial score (nSPS) is 10.8. The van der Waals surface area contributed by atoms with Gasteiger partial charge in [-0.1, -0.05) is 27.7 Å². The van der Waals surface area contributed by atoms with Crippen LogP contribution in [0.5, 0.6) is 5.75 Å². The van der Waals surface area contributed by atoms with Gasteiger partial charge in [0.2, 0.25) is 0 Å². The average molecular weight is 409 g/mol. The first-order chi connectivity index (χ1) is 11.5. The predicted molar refractivity (Wildman–Crippen MR) is 98.7 cm³/mol. The van der Waals surface area contributed by atoms with E-state index < -0.39 is 0 Å². The van der Waals surface area contributed by atoms with Crippen molar-refractivity contribution in [3.05, 3.63) is 45.7 Å². The van der Waals surface area contributed by atoms with E-state index in [1.165, 1.54) is 11.8 Å². The first-order valence-electron chi connectivity index (χ1n) is 7.08. The number of hydrogen-bond donors (Lipinski definition) is 1. The third-order valence-electron chi connectivity index (χ3n) is 2.88. The molecule has 1 N–H and O–H groups in total. The SMILES string of the molecule is COc1ccc(Br)cc1/C=N\NC(=O)CSc1nc(C)cc(C)n1. The number of thioether (sulfide) groups is 1. The van der Waals surface area contributed by atoms with E-state index >= 15 is 0 Å². The molecule has 1 aromatic heterocycles. The highest BCUT2D eigenvalue weighted by Gasteiger charge is 2.06. The molecule has 126 valence electrons. The van der Waals surface area contributed by atoms with E-state index in [0.717, 1.165) is 21.4 Å². The van der Waals surface area contributed by atoms with Crippen LogP contribution in [0.25, 0.3) is 0 Å². The van der Waals surface area contributed by atoms with Gasteiger partial charge in [-0.3, -0.25) is 4.79 Å². The zero-order chi connectivity index (χ0) is 17.5. The molecule has 0 aliphatic rings. The summed E-state index contributed by atoms with van der Waals surface area (Å²) in [5.41, 5.74) is 5.01. The molecule has 1 aromatic carbocycles. The van der Waals surface area contributed by atoms with Crippen LogP contribution < -0.4 is 10.2 Å². The van der Waals surface area contributed by atoms with Crippen molar-refractivity contribution < 1.29 is 9.53 Å². The Morgan fingerprint density at radius 2 is 2.04 bits per heavy atom. The molecule has 0 saturated carbocycles. The monoisotopic (exact) mass is 408 g/mol. The fourth-order valence-electron chi connectivity index (χ4n) is 1.90. The highest BCUT2D eigenvalue weighted by molar-refractivity contribution is 9.10. The van der Waals surface area contributed by atoms with Crippen molar-refractivity contribution in [2.75, 3.05) is 12.9 Å². The van der Waals surface area contributed by atoms with Crippen LogP contribution in [0.2, 0.25) is 0 Å². The molecule has 2 aromatic rings. The topological polar surface area (TPSA) is 76.5 Å². The third kappa shape index (κ3) is 5.61. The van der Waals surface area contributed by atoms with E-state index in [-0.39, 0.29) is 11.7 Å². The maximum atomic E-state index is 11.9. The van der Waals surface area contributed by atoms with Crippen molar-refractivity contribution in [3.63, 3.8) is 0 Å². The van der Waals surface area contributed by atoms with E-state index in [4.69, 9.17) is 4.74 Å². The fourth-order valence-corrected chi connectivity index (χ4v) is 3.02. The van der Waals surface area contributed by atoms with Crippen LogP contribution in [0.1, 0.15) is 17.0 Å². The van der Waals surface area contributed by atoms with Gasteiger partial charge in [-0.05, 0) is 38.1 Å². The molecular weight excluding hydrogens is 392 g/mol. The molecule has 0 radical (unpaired) electrons. The number of carbonyl (C=O) groups is 1. The Labute approximate surface area is 153 Å². The van der Waals surface area contributed by atoms with Crippen molar-refractivity contribution in [2.24, 2.45) is 5.10 Å². The molecule has 1 heterocycles. The largest absolute Gasteiger partial charge is 0.496 e. The Bertz CT molecular complexity index is 747. The third-order valence-corrected chi connectivity index (χ3v) is 4.22. The Balaban J connectivity index is 1.90. The van der Waals surface area contributed by atoms with Crippen molar-refractivity contribution in [3.8, 4) is 5.75 Å². The number of ether oxygens (including phenoxy) is 1. The molecule has 6 nitrogen and oxygen atoms in total. The van der Waals surface area contributed by atoms with Gasteiger partial charge < -0.3 is 4.74 Å². The van der Waals surface area contributed by atoms with Gasteiger partial charge in [-0.2, -0.15) is 5.10 Å². The van der Waals surface area contributed by atoms with Crippen LogP contribution in [-0.2, 0) is 4.79 Å². The number of benzene rings is 1. The van der Waals surface area contributed by atoms with Crippen LogP contribution >= 0.6 is 27.7 Å². The smallest absolute Gasteiger partial charge is 0.250 e. The number of hydrogen-bond acceptors (Lipinski definition) is 6. The minimum absolute atomic E-state index is 0.190. The standard InChI is InChI=1S/C16H17BrN4O2S/c1-10-6-11(2)20-16(19-10)24-9-15(22)21-18-8-12-7-13(17)4-5-14(12)23-3/h4-8H,9H2,1-3H3,(H,21,22)/b18-8-. The van der Waals surface area contributed by atoms with Crippen LogP contribution in [0.3, 0.4) is 0 Å². The summed E-state index contributed by atoms with van der Waals surface area (Å²) in [7, 11) is 1.58. The maximum absolute atomic E-state index is 11.9. The number of hydrazone groups is 1. The Morgan fingerprint density at radius 1 is 1.33 bits per heavy atom. The molecule has 1 amide bonds. The number of aryl methyl sites for hydroxylation is 2. The average Bonchev–Trinajstić information content (AvgIpc) is 2.52. The molecule has 0 aliphatic heterocycles. The van der Waals surface area contributed by atoms with Crippen molar-refractivity contribution in [1.29, 1.82) is 0 Å². The summed E-state index contributed by atoms with van der Waals surface area (Å²) < 4.78 is 6.14. The van der Waals surface area contributed by atoms with Gasteiger partial charge in [0.15, 0.2) is 5.16 Å². The van der Waals surface area contributed by atoms with Crippen molar-refractivity contribution in [1.82, 2.24) is 15.4 Å². The maximum Gasteiger partial charge on any atom is 0.250 e. The summed E-state index contributed by atoms with van der Waals surface area (Å²) in [5, 5.41) is 4.54. The second-order valence-corrected chi connectivity index (χ2v) is 6.76. The molecular formula is C16H17BrN4O2S. The van der Waals surface area contributed by atoms with Crippen molar-refractivity contribution >= 4 is 39.8 Å². The quantitative estimate of drug-likeness (QED) is 0.343. The second-order valence-electron chi connectivity index (χ2n) is 4.90. The van der Waals surface area contributed by atoms with E-state index in [2.05, 4.69) is 36.4 Å². The number of carbonyl (C=O) groups excluding carboxylic acids is 1. The lowest BCUT2D eigenvalue weighted by atomic mass is 10.2. The molecule has 24 heavy (non-hydrogen) atoms. The van der Waals surface area contributed by atoms with Gasteiger partial charge in [-0.25, -0.2) is 15.4 Å². The van der Waals surface area contributed by atoms with Crippen molar-refractivity contribution in [2.45, 2.75) is 19.0 Å². The lowest BCUT2D eigenvalue weighted by Crippen LogP contribution is -2.19. The van der Waals surface area contributed by atoms with Crippen LogP contribution in [0.15, 0.2) is 39.0 Å². The zero-order valence-corrected chi connectivity index (χ0v) is 15.9. The van der Waals surface area contributed by atoms with E-state index in [9.17, 15) is 4.79 Å².